The van der Waals surface area contributed by atoms with Gasteiger partial charge in [-0.1, -0.05) is 18.2 Å². The highest BCUT2D eigenvalue weighted by Gasteiger charge is 2.27. The number of carboxylic acids is 1. The van der Waals surface area contributed by atoms with Gasteiger partial charge < -0.3 is 14.4 Å². The van der Waals surface area contributed by atoms with E-state index >= 15 is 0 Å². The fourth-order valence-electron chi connectivity index (χ4n) is 2.21. The number of amides is 1. The summed E-state index contributed by atoms with van der Waals surface area (Å²) in [4.78, 5) is 24.5. The van der Waals surface area contributed by atoms with Gasteiger partial charge in [0.25, 0.3) is 5.91 Å². The molecule has 0 spiro atoms. The summed E-state index contributed by atoms with van der Waals surface area (Å²) in [5, 5.41) is 8.78. The molecule has 3 rings (SSSR count). The third-order valence-electron chi connectivity index (χ3n) is 3.12. The molecule has 0 saturated heterocycles. The van der Waals surface area contributed by atoms with Crippen LogP contribution in [-0.2, 0) is 13.1 Å². The molecule has 0 saturated carbocycles. The first kappa shape index (κ1) is 11.5. The Morgan fingerprint density at radius 3 is 2.74 bits per heavy atom. The number of nitrogens with zero attached hydrogens (tertiary/aromatic N) is 1. The van der Waals surface area contributed by atoms with Crippen molar-refractivity contribution >= 4 is 11.9 Å². The smallest absolute Gasteiger partial charge is 0.371 e. The molecule has 0 atom stereocenters. The first-order valence-corrected chi connectivity index (χ1v) is 5.84. The summed E-state index contributed by atoms with van der Waals surface area (Å²) in [5.41, 5.74) is 1.69. The maximum atomic E-state index is 12.1. The Hall–Kier alpha value is -2.56. The number of aromatic carboxylic acids is 1. The molecule has 2 aromatic rings. The molecular weight excluding hydrogens is 246 g/mol. The van der Waals surface area contributed by atoms with E-state index in [1.54, 1.807) is 17.0 Å². The van der Waals surface area contributed by atoms with Gasteiger partial charge in [0.15, 0.2) is 0 Å². The summed E-state index contributed by atoms with van der Waals surface area (Å²) in [6.45, 7) is 0.804. The van der Waals surface area contributed by atoms with E-state index in [4.69, 9.17) is 9.52 Å². The summed E-state index contributed by atoms with van der Waals surface area (Å²) in [7, 11) is 0. The van der Waals surface area contributed by atoms with Crippen LogP contribution in [0.2, 0.25) is 0 Å². The standard InChI is InChI=1S/C14H11NO4/c16-13-11-4-2-1-3-9(11)7-15(13)8-10-5-6-12(19-10)14(17)18/h1-6H,7-8H2,(H,17,18). The third-order valence-corrected chi connectivity index (χ3v) is 3.12. The van der Waals surface area contributed by atoms with Crippen molar-refractivity contribution in [2.24, 2.45) is 0 Å². The highest BCUT2D eigenvalue weighted by atomic mass is 16.4. The molecule has 96 valence electrons. The van der Waals surface area contributed by atoms with Crippen molar-refractivity contribution in [3.05, 3.63) is 59.0 Å². The van der Waals surface area contributed by atoms with Crippen LogP contribution in [0.5, 0.6) is 0 Å². The molecule has 1 aliphatic rings. The fourth-order valence-corrected chi connectivity index (χ4v) is 2.21. The molecule has 0 fully saturated rings. The molecule has 0 unspecified atom stereocenters. The van der Waals surface area contributed by atoms with E-state index in [9.17, 15) is 9.59 Å². The van der Waals surface area contributed by atoms with Gasteiger partial charge in [-0.15, -0.1) is 0 Å². The molecule has 5 nitrogen and oxygen atoms in total. The van der Waals surface area contributed by atoms with Crippen LogP contribution in [0.15, 0.2) is 40.8 Å². The van der Waals surface area contributed by atoms with Crippen molar-refractivity contribution in [3.8, 4) is 0 Å². The van der Waals surface area contributed by atoms with Crippen molar-refractivity contribution in [2.45, 2.75) is 13.1 Å². The number of carbonyl (C=O) groups is 2. The number of furan rings is 1. The average molecular weight is 257 g/mol. The Balaban J connectivity index is 1.79. The summed E-state index contributed by atoms with van der Waals surface area (Å²) < 4.78 is 5.16. The zero-order chi connectivity index (χ0) is 13.4. The van der Waals surface area contributed by atoms with Crippen LogP contribution in [0.4, 0.5) is 0 Å². The minimum atomic E-state index is -1.11. The Morgan fingerprint density at radius 2 is 2.05 bits per heavy atom. The van der Waals surface area contributed by atoms with Gasteiger partial charge in [-0.05, 0) is 23.8 Å². The van der Waals surface area contributed by atoms with E-state index < -0.39 is 5.97 Å². The van der Waals surface area contributed by atoms with Crippen molar-refractivity contribution in [3.63, 3.8) is 0 Å². The Morgan fingerprint density at radius 1 is 1.26 bits per heavy atom. The molecule has 1 amide bonds. The largest absolute Gasteiger partial charge is 0.475 e. The first-order chi connectivity index (χ1) is 9.15. The van der Waals surface area contributed by atoms with Gasteiger partial charge in [0, 0.05) is 12.1 Å². The lowest BCUT2D eigenvalue weighted by Gasteiger charge is -2.13. The molecule has 1 N–H and O–H groups in total. The van der Waals surface area contributed by atoms with E-state index in [1.807, 2.05) is 18.2 Å². The fraction of sp³-hybridized carbons (Fsp3) is 0.143. The lowest BCUT2D eigenvalue weighted by atomic mass is 10.1. The highest BCUT2D eigenvalue weighted by molar-refractivity contribution is 5.98. The van der Waals surface area contributed by atoms with Crippen LogP contribution in [0.3, 0.4) is 0 Å². The van der Waals surface area contributed by atoms with E-state index in [-0.39, 0.29) is 18.2 Å². The number of rotatable bonds is 3. The SMILES string of the molecule is O=C(O)c1ccc(CN2Cc3ccccc3C2=O)o1. The molecule has 19 heavy (non-hydrogen) atoms. The van der Waals surface area contributed by atoms with E-state index in [1.165, 1.54) is 6.07 Å². The van der Waals surface area contributed by atoms with Crippen LogP contribution in [0.25, 0.3) is 0 Å². The highest BCUT2D eigenvalue weighted by Crippen LogP contribution is 2.24. The maximum Gasteiger partial charge on any atom is 0.371 e. The van der Waals surface area contributed by atoms with Crippen molar-refractivity contribution in [1.82, 2.24) is 4.90 Å². The molecule has 0 radical (unpaired) electrons. The van der Waals surface area contributed by atoms with Gasteiger partial charge in [-0.2, -0.15) is 0 Å². The molecule has 0 aliphatic carbocycles. The van der Waals surface area contributed by atoms with E-state index in [0.717, 1.165) is 5.56 Å². The summed E-state index contributed by atoms with van der Waals surface area (Å²) in [5.74, 6) is -0.802. The molecule has 1 aromatic heterocycles. The van der Waals surface area contributed by atoms with Gasteiger partial charge in [-0.25, -0.2) is 4.79 Å². The second-order valence-corrected chi connectivity index (χ2v) is 4.39. The van der Waals surface area contributed by atoms with Gasteiger partial charge in [0.1, 0.15) is 5.76 Å². The minimum absolute atomic E-state index is 0.0520. The van der Waals surface area contributed by atoms with Gasteiger partial charge in [0.05, 0.1) is 6.54 Å². The topological polar surface area (TPSA) is 70.8 Å². The predicted octanol–water partition coefficient (Wildman–Crippen LogP) is 2.13. The normalized spacial score (nSPS) is 13.7. The molecule has 5 heteroatoms. The van der Waals surface area contributed by atoms with E-state index in [2.05, 4.69) is 0 Å². The Kier molecular flexibility index (Phi) is 2.59. The monoisotopic (exact) mass is 257 g/mol. The average Bonchev–Trinajstić information content (AvgIpc) is 2.97. The van der Waals surface area contributed by atoms with Gasteiger partial charge in [-0.3, -0.25) is 4.79 Å². The van der Waals surface area contributed by atoms with E-state index in [0.29, 0.717) is 17.9 Å². The molecule has 1 aromatic carbocycles. The van der Waals surface area contributed by atoms with Gasteiger partial charge >= 0.3 is 5.97 Å². The molecular formula is C14H11NO4. The maximum absolute atomic E-state index is 12.1. The summed E-state index contributed by atoms with van der Waals surface area (Å²) >= 11 is 0. The van der Waals surface area contributed by atoms with Crippen LogP contribution in [0.1, 0.15) is 32.2 Å². The quantitative estimate of drug-likeness (QED) is 0.914. The van der Waals surface area contributed by atoms with Crippen LogP contribution < -0.4 is 0 Å². The number of hydrogen-bond acceptors (Lipinski definition) is 3. The van der Waals surface area contributed by atoms with Crippen LogP contribution in [-0.4, -0.2) is 21.9 Å². The number of fused-ring (bicyclic) bond motifs is 1. The number of benzene rings is 1. The second kappa shape index (κ2) is 4.28. The Bertz CT molecular complexity index is 659. The second-order valence-electron chi connectivity index (χ2n) is 4.39. The number of carbonyl (C=O) groups excluding carboxylic acids is 1. The first-order valence-electron chi connectivity index (χ1n) is 5.84. The van der Waals surface area contributed by atoms with Crippen molar-refractivity contribution in [1.29, 1.82) is 0 Å². The van der Waals surface area contributed by atoms with Crippen molar-refractivity contribution < 1.29 is 19.1 Å². The number of carboxylic acid groups (broad SMARTS) is 1. The zero-order valence-electron chi connectivity index (χ0n) is 10.00. The minimum Gasteiger partial charge on any atom is -0.475 e. The zero-order valence-corrected chi connectivity index (χ0v) is 10.00. The molecule has 0 bridgehead atoms. The lowest BCUT2D eigenvalue weighted by molar-refractivity contribution is 0.0657. The third kappa shape index (κ3) is 1.99. The van der Waals surface area contributed by atoms with Crippen LogP contribution in [0, 0.1) is 0 Å². The van der Waals surface area contributed by atoms with Gasteiger partial charge in [0.2, 0.25) is 5.76 Å². The molecule has 2 heterocycles. The summed E-state index contributed by atoms with van der Waals surface area (Å²) in [6.07, 6.45) is 0. The number of hydrogen-bond donors (Lipinski definition) is 1. The molecule has 1 aliphatic heterocycles. The lowest BCUT2D eigenvalue weighted by Crippen LogP contribution is -2.22. The van der Waals surface area contributed by atoms with Crippen LogP contribution >= 0.6 is 0 Å². The Labute approximate surface area is 109 Å². The van der Waals surface area contributed by atoms with Crippen molar-refractivity contribution in [2.75, 3.05) is 0 Å². The summed E-state index contributed by atoms with van der Waals surface area (Å²) in [6, 6.07) is 10.4. The predicted molar refractivity (Wildman–Crippen MR) is 65.7 cm³/mol.